The summed E-state index contributed by atoms with van der Waals surface area (Å²) in [6.45, 7) is 0. The minimum atomic E-state index is -0.219. The van der Waals surface area contributed by atoms with Crippen LogP contribution in [0.5, 0.6) is 0 Å². The van der Waals surface area contributed by atoms with Crippen LogP contribution in [0.3, 0.4) is 0 Å². The van der Waals surface area contributed by atoms with Gasteiger partial charge in [-0.15, -0.1) is 0 Å². The zero-order valence-corrected chi connectivity index (χ0v) is 17.7. The Bertz CT molecular complexity index is 1110. The number of anilines is 1. The van der Waals surface area contributed by atoms with Crippen molar-refractivity contribution in [3.05, 3.63) is 51.9 Å². The Morgan fingerprint density at radius 3 is 2.70 bits per heavy atom. The first kappa shape index (κ1) is 17.4. The summed E-state index contributed by atoms with van der Waals surface area (Å²) in [4.78, 5) is 5.79. The number of fused-ring (bicyclic) bond motifs is 3. The molecule has 2 aromatic heterocycles. The molecular formula is C21H19FIN3S. The van der Waals surface area contributed by atoms with Crippen LogP contribution < -0.4 is 5.32 Å². The molecule has 1 aliphatic carbocycles. The molecule has 1 aliphatic rings. The summed E-state index contributed by atoms with van der Waals surface area (Å²) in [5, 5.41) is 3.74. The summed E-state index contributed by atoms with van der Waals surface area (Å²) in [6.07, 6.45) is 6.11. The minimum absolute atomic E-state index is 0.219. The number of aromatic nitrogens is 2. The van der Waals surface area contributed by atoms with E-state index in [1.165, 1.54) is 30.0 Å². The highest BCUT2D eigenvalue weighted by Crippen LogP contribution is 2.39. The van der Waals surface area contributed by atoms with Crippen molar-refractivity contribution < 1.29 is 4.39 Å². The van der Waals surface area contributed by atoms with Crippen molar-refractivity contribution in [3.63, 3.8) is 0 Å². The van der Waals surface area contributed by atoms with Crippen LogP contribution in [0.1, 0.15) is 32.1 Å². The van der Waals surface area contributed by atoms with Crippen LogP contribution in [-0.2, 0) is 0 Å². The molecule has 5 rings (SSSR count). The van der Waals surface area contributed by atoms with Gasteiger partial charge in [0.2, 0.25) is 0 Å². The van der Waals surface area contributed by atoms with E-state index in [0.29, 0.717) is 11.6 Å². The number of hydrogen-bond acceptors (Lipinski definition) is 3. The number of para-hydroxylation sites is 1. The molecular weight excluding hydrogens is 472 g/mol. The number of rotatable bonds is 3. The van der Waals surface area contributed by atoms with E-state index in [-0.39, 0.29) is 5.82 Å². The van der Waals surface area contributed by atoms with Gasteiger partial charge in [0.05, 0.1) is 15.8 Å². The van der Waals surface area contributed by atoms with Crippen molar-refractivity contribution >= 4 is 54.9 Å². The molecule has 1 N–H and O–H groups in total. The van der Waals surface area contributed by atoms with Gasteiger partial charge in [-0.3, -0.25) is 4.40 Å². The van der Waals surface area contributed by atoms with Crippen molar-refractivity contribution in [1.29, 1.82) is 0 Å². The molecule has 6 heteroatoms. The molecule has 4 aromatic rings. The largest absolute Gasteiger partial charge is 0.367 e. The topological polar surface area (TPSA) is 29.3 Å². The van der Waals surface area contributed by atoms with E-state index in [2.05, 4.69) is 44.4 Å². The lowest BCUT2D eigenvalue weighted by molar-refractivity contribution is 0.462. The standard InChI is InChI=1S/C21H19FIN3S/c22-14-9-6-10-15(23)18(14)19-20(24-13-7-2-1-3-8-13)26-16-11-4-5-12-17(16)27-21(26)25-19/h4-6,9-13,24H,1-3,7-8H2. The van der Waals surface area contributed by atoms with E-state index in [1.54, 1.807) is 17.4 Å². The molecule has 1 fully saturated rings. The third-order valence-electron chi connectivity index (χ3n) is 5.30. The summed E-state index contributed by atoms with van der Waals surface area (Å²) >= 11 is 3.86. The Balaban J connectivity index is 1.75. The molecule has 0 amide bonds. The molecule has 0 unspecified atom stereocenters. The average Bonchev–Trinajstić information content (AvgIpc) is 3.19. The summed E-state index contributed by atoms with van der Waals surface area (Å²) in [6, 6.07) is 14.0. The lowest BCUT2D eigenvalue weighted by atomic mass is 9.95. The molecule has 0 spiro atoms. The zero-order chi connectivity index (χ0) is 18.4. The minimum Gasteiger partial charge on any atom is -0.367 e. The zero-order valence-electron chi connectivity index (χ0n) is 14.7. The van der Waals surface area contributed by atoms with Crippen molar-refractivity contribution in [2.75, 3.05) is 5.32 Å². The molecule has 27 heavy (non-hydrogen) atoms. The Labute approximate surface area is 174 Å². The number of nitrogens with one attached hydrogen (secondary N) is 1. The van der Waals surface area contributed by atoms with Gasteiger partial charge in [-0.25, -0.2) is 9.37 Å². The van der Waals surface area contributed by atoms with E-state index in [0.717, 1.165) is 38.4 Å². The summed E-state index contributed by atoms with van der Waals surface area (Å²) in [5.74, 6) is 0.709. The second kappa shape index (κ2) is 7.05. The van der Waals surface area contributed by atoms with E-state index >= 15 is 0 Å². The number of nitrogens with zero attached hydrogens (tertiary/aromatic N) is 2. The molecule has 3 nitrogen and oxygen atoms in total. The molecule has 0 radical (unpaired) electrons. The third-order valence-corrected chi connectivity index (χ3v) is 7.22. The Morgan fingerprint density at radius 1 is 1.07 bits per heavy atom. The molecule has 0 aliphatic heterocycles. The van der Waals surface area contributed by atoms with Crippen molar-refractivity contribution in [2.45, 2.75) is 38.1 Å². The van der Waals surface area contributed by atoms with Crippen LogP contribution >= 0.6 is 33.9 Å². The number of thiazole rings is 1. The van der Waals surface area contributed by atoms with Gasteiger partial charge in [0, 0.05) is 9.61 Å². The van der Waals surface area contributed by atoms with Crippen LogP contribution in [0.25, 0.3) is 26.4 Å². The fraction of sp³-hybridized carbons (Fsp3) is 0.286. The van der Waals surface area contributed by atoms with Gasteiger partial charge in [-0.2, -0.15) is 0 Å². The summed E-state index contributed by atoms with van der Waals surface area (Å²) in [7, 11) is 0. The Kier molecular flexibility index (Phi) is 4.55. The number of halogens is 2. The van der Waals surface area contributed by atoms with Gasteiger partial charge in [-0.1, -0.05) is 48.8 Å². The maximum Gasteiger partial charge on any atom is 0.197 e. The van der Waals surface area contributed by atoms with E-state index in [4.69, 9.17) is 4.98 Å². The van der Waals surface area contributed by atoms with Crippen LogP contribution in [-0.4, -0.2) is 15.4 Å². The lowest BCUT2D eigenvalue weighted by Gasteiger charge is -2.24. The first-order chi connectivity index (χ1) is 13.2. The van der Waals surface area contributed by atoms with Crippen molar-refractivity contribution in [2.24, 2.45) is 0 Å². The van der Waals surface area contributed by atoms with Gasteiger partial charge in [0.15, 0.2) is 4.96 Å². The van der Waals surface area contributed by atoms with E-state index < -0.39 is 0 Å². The smallest absolute Gasteiger partial charge is 0.197 e. The molecule has 0 bridgehead atoms. The Morgan fingerprint density at radius 2 is 1.89 bits per heavy atom. The lowest BCUT2D eigenvalue weighted by Crippen LogP contribution is -2.23. The fourth-order valence-electron chi connectivity index (χ4n) is 3.99. The molecule has 2 aromatic carbocycles. The normalized spacial score (nSPS) is 15.6. The van der Waals surface area contributed by atoms with Gasteiger partial charge in [0.1, 0.15) is 17.3 Å². The Hall–Kier alpha value is -1.67. The number of hydrogen-bond donors (Lipinski definition) is 1. The van der Waals surface area contributed by atoms with Gasteiger partial charge in [0.25, 0.3) is 0 Å². The van der Waals surface area contributed by atoms with Crippen molar-refractivity contribution in [1.82, 2.24) is 9.38 Å². The van der Waals surface area contributed by atoms with Gasteiger partial charge >= 0.3 is 0 Å². The molecule has 1 saturated carbocycles. The molecule has 2 heterocycles. The number of imidazole rings is 1. The van der Waals surface area contributed by atoms with Gasteiger partial charge < -0.3 is 5.32 Å². The van der Waals surface area contributed by atoms with E-state index in [9.17, 15) is 4.39 Å². The highest BCUT2D eigenvalue weighted by molar-refractivity contribution is 14.1. The monoisotopic (exact) mass is 491 g/mol. The molecule has 0 saturated heterocycles. The van der Waals surface area contributed by atoms with Crippen LogP contribution in [0.15, 0.2) is 42.5 Å². The molecule has 0 atom stereocenters. The quantitative estimate of drug-likeness (QED) is 0.323. The second-order valence-corrected chi connectivity index (χ2v) is 9.24. The first-order valence-electron chi connectivity index (χ1n) is 9.33. The molecule has 138 valence electrons. The van der Waals surface area contributed by atoms with E-state index in [1.807, 2.05) is 18.2 Å². The van der Waals surface area contributed by atoms with Gasteiger partial charge in [-0.05, 0) is 59.7 Å². The second-order valence-electron chi connectivity index (χ2n) is 7.07. The van der Waals surface area contributed by atoms with Crippen LogP contribution in [0.2, 0.25) is 0 Å². The highest BCUT2D eigenvalue weighted by Gasteiger charge is 2.24. The predicted molar refractivity (Wildman–Crippen MR) is 119 cm³/mol. The summed E-state index contributed by atoms with van der Waals surface area (Å²) < 4.78 is 19.0. The SMILES string of the molecule is Fc1cccc(I)c1-c1nc2sc3ccccc3n2c1NC1CCCCC1. The van der Waals surface area contributed by atoms with Crippen LogP contribution in [0.4, 0.5) is 10.2 Å². The maximum atomic E-state index is 14.8. The van der Waals surface area contributed by atoms with Crippen LogP contribution in [0, 0.1) is 9.39 Å². The predicted octanol–water partition coefficient (Wildman–Crippen LogP) is 6.70. The third kappa shape index (κ3) is 3.02. The highest BCUT2D eigenvalue weighted by atomic mass is 127. The first-order valence-corrected chi connectivity index (χ1v) is 11.2. The van der Waals surface area contributed by atoms with Crippen molar-refractivity contribution in [3.8, 4) is 11.3 Å². The maximum absolute atomic E-state index is 14.8. The number of benzene rings is 2. The fourth-order valence-corrected chi connectivity index (χ4v) is 5.74. The summed E-state index contributed by atoms with van der Waals surface area (Å²) in [5.41, 5.74) is 2.44. The average molecular weight is 491 g/mol.